The molecule has 0 saturated carbocycles. The Morgan fingerprint density at radius 1 is 0.943 bits per heavy atom. The van der Waals surface area contributed by atoms with Crippen LogP contribution in [0.4, 0.5) is 14.5 Å². The fourth-order valence-corrected chi connectivity index (χ4v) is 4.07. The molecular weight excluding hydrogens is 472 g/mol. The van der Waals surface area contributed by atoms with Gasteiger partial charge < -0.3 is 10.6 Å². The van der Waals surface area contributed by atoms with Crippen molar-refractivity contribution in [1.29, 1.82) is 0 Å². The quantitative estimate of drug-likeness (QED) is 0.353. The molecule has 0 atom stereocenters. The zero-order valence-electron chi connectivity index (χ0n) is 18.7. The van der Waals surface area contributed by atoms with Crippen molar-refractivity contribution in [3.05, 3.63) is 101 Å². The number of anilines is 1. The van der Waals surface area contributed by atoms with E-state index >= 15 is 0 Å². The van der Waals surface area contributed by atoms with Gasteiger partial charge >= 0.3 is 0 Å². The van der Waals surface area contributed by atoms with Gasteiger partial charge in [-0.2, -0.15) is 0 Å². The highest BCUT2D eigenvalue weighted by atomic mass is 32.2. The molecule has 0 radical (unpaired) electrons. The Labute approximate surface area is 204 Å². The topological polar surface area (TPSA) is 88.9 Å². The van der Waals surface area contributed by atoms with Gasteiger partial charge in [0, 0.05) is 16.9 Å². The minimum atomic E-state index is -0.519. The van der Waals surface area contributed by atoms with Crippen LogP contribution in [0.2, 0.25) is 0 Å². The summed E-state index contributed by atoms with van der Waals surface area (Å²) in [5.41, 5.74) is 2.45. The molecule has 7 nitrogen and oxygen atoms in total. The van der Waals surface area contributed by atoms with Gasteiger partial charge in [-0.1, -0.05) is 30.0 Å². The van der Waals surface area contributed by atoms with E-state index < -0.39 is 17.5 Å². The highest BCUT2D eigenvalue weighted by Gasteiger charge is 2.17. The van der Waals surface area contributed by atoms with Gasteiger partial charge in [-0.3, -0.25) is 14.2 Å². The average molecular weight is 494 g/mol. The summed E-state index contributed by atoms with van der Waals surface area (Å²) in [4.78, 5) is 24.9. The lowest BCUT2D eigenvalue weighted by atomic mass is 10.2. The van der Waals surface area contributed by atoms with Gasteiger partial charge in [-0.25, -0.2) is 8.78 Å². The molecule has 0 spiro atoms. The normalized spacial score (nSPS) is 10.7. The number of hydrogen-bond donors (Lipinski definition) is 2. The summed E-state index contributed by atoms with van der Waals surface area (Å²) in [6.45, 7) is 1.92. The Balaban J connectivity index is 1.50. The van der Waals surface area contributed by atoms with Crippen molar-refractivity contribution in [2.75, 3.05) is 11.1 Å². The van der Waals surface area contributed by atoms with Gasteiger partial charge in [0.1, 0.15) is 11.6 Å². The maximum absolute atomic E-state index is 13.5. The van der Waals surface area contributed by atoms with Crippen molar-refractivity contribution < 1.29 is 18.4 Å². The number of thioether (sulfide) groups is 1. The number of benzene rings is 3. The van der Waals surface area contributed by atoms with Gasteiger partial charge in [0.05, 0.1) is 12.3 Å². The van der Waals surface area contributed by atoms with Crippen LogP contribution in [0.25, 0.3) is 5.69 Å². The van der Waals surface area contributed by atoms with E-state index in [0.29, 0.717) is 22.4 Å². The lowest BCUT2D eigenvalue weighted by Crippen LogP contribution is -2.24. The molecule has 2 N–H and O–H groups in total. The summed E-state index contributed by atoms with van der Waals surface area (Å²) < 4.78 is 28.6. The molecule has 178 valence electrons. The Morgan fingerprint density at radius 2 is 1.71 bits per heavy atom. The van der Waals surface area contributed by atoms with Crippen LogP contribution < -0.4 is 10.6 Å². The number of carbonyl (C=O) groups is 2. The van der Waals surface area contributed by atoms with E-state index in [1.165, 1.54) is 30.3 Å². The fourth-order valence-electron chi connectivity index (χ4n) is 3.30. The summed E-state index contributed by atoms with van der Waals surface area (Å²) in [5, 5.41) is 14.2. The molecule has 35 heavy (non-hydrogen) atoms. The monoisotopic (exact) mass is 493 g/mol. The summed E-state index contributed by atoms with van der Waals surface area (Å²) in [6, 6.07) is 18.5. The second-order valence-corrected chi connectivity index (χ2v) is 8.55. The van der Waals surface area contributed by atoms with Crippen LogP contribution >= 0.6 is 11.8 Å². The molecule has 0 unspecified atom stereocenters. The molecular formula is C25H21F2N5O2S. The number of nitrogens with zero attached hydrogens (tertiary/aromatic N) is 3. The second-order valence-electron chi connectivity index (χ2n) is 7.61. The van der Waals surface area contributed by atoms with Gasteiger partial charge in [0.15, 0.2) is 11.0 Å². The van der Waals surface area contributed by atoms with Crippen molar-refractivity contribution in [2.45, 2.75) is 18.6 Å². The molecule has 0 aliphatic heterocycles. The number of amides is 2. The molecule has 4 aromatic rings. The number of nitrogens with one attached hydrogen (secondary N) is 2. The highest BCUT2D eigenvalue weighted by Crippen LogP contribution is 2.23. The Kier molecular flexibility index (Phi) is 7.51. The van der Waals surface area contributed by atoms with Gasteiger partial charge in [0.2, 0.25) is 5.91 Å². The predicted molar refractivity (Wildman–Crippen MR) is 129 cm³/mol. The van der Waals surface area contributed by atoms with Crippen molar-refractivity contribution in [2.24, 2.45) is 0 Å². The van der Waals surface area contributed by atoms with Crippen molar-refractivity contribution in [3.63, 3.8) is 0 Å². The highest BCUT2D eigenvalue weighted by molar-refractivity contribution is 7.99. The van der Waals surface area contributed by atoms with E-state index in [1.807, 2.05) is 25.1 Å². The van der Waals surface area contributed by atoms with E-state index in [9.17, 15) is 18.4 Å². The zero-order valence-corrected chi connectivity index (χ0v) is 19.5. The molecule has 0 saturated heterocycles. The van der Waals surface area contributed by atoms with Gasteiger partial charge in [-0.15, -0.1) is 10.2 Å². The third-order valence-electron chi connectivity index (χ3n) is 4.91. The van der Waals surface area contributed by atoms with Crippen LogP contribution in [0.1, 0.15) is 21.7 Å². The molecule has 4 rings (SSSR count). The molecule has 1 heterocycles. The lowest BCUT2D eigenvalue weighted by Gasteiger charge is -2.11. The molecule has 0 fully saturated rings. The van der Waals surface area contributed by atoms with E-state index in [-0.39, 0.29) is 23.8 Å². The first-order chi connectivity index (χ1) is 16.9. The van der Waals surface area contributed by atoms with Crippen LogP contribution in [0, 0.1) is 18.6 Å². The SMILES string of the molecule is Cc1cccc(NC(=O)CSc2nnc(CNC(=O)c3cccc(F)c3)n2-c2ccc(F)cc2)c1. The molecule has 2 amide bonds. The Bertz CT molecular complexity index is 1360. The number of hydrogen-bond acceptors (Lipinski definition) is 5. The summed E-state index contributed by atoms with van der Waals surface area (Å²) in [5.74, 6) is -1.21. The number of halogens is 2. The summed E-state index contributed by atoms with van der Waals surface area (Å²) >= 11 is 1.15. The molecule has 0 aliphatic rings. The first kappa shape index (κ1) is 24.1. The predicted octanol–water partition coefficient (Wildman–Crippen LogP) is 4.51. The van der Waals surface area contributed by atoms with Crippen molar-refractivity contribution in [3.8, 4) is 5.69 Å². The molecule has 3 aromatic carbocycles. The second kappa shape index (κ2) is 10.9. The van der Waals surface area contributed by atoms with Crippen LogP contribution in [0.3, 0.4) is 0 Å². The maximum atomic E-state index is 13.5. The molecule has 0 aliphatic carbocycles. The van der Waals surface area contributed by atoms with E-state index in [2.05, 4.69) is 20.8 Å². The fraction of sp³-hybridized carbons (Fsp3) is 0.120. The molecule has 10 heteroatoms. The van der Waals surface area contributed by atoms with Crippen LogP contribution in [0.5, 0.6) is 0 Å². The minimum Gasteiger partial charge on any atom is -0.345 e. The number of aromatic nitrogens is 3. The van der Waals surface area contributed by atoms with Gasteiger partial charge in [0.25, 0.3) is 5.91 Å². The Morgan fingerprint density at radius 3 is 2.46 bits per heavy atom. The van der Waals surface area contributed by atoms with E-state index in [0.717, 1.165) is 23.4 Å². The third kappa shape index (κ3) is 6.30. The minimum absolute atomic E-state index is 0.0181. The van der Waals surface area contributed by atoms with Gasteiger partial charge in [-0.05, 0) is 67.1 Å². The first-order valence-electron chi connectivity index (χ1n) is 10.6. The average Bonchev–Trinajstić information content (AvgIpc) is 3.24. The maximum Gasteiger partial charge on any atom is 0.251 e. The summed E-state index contributed by atoms with van der Waals surface area (Å²) in [7, 11) is 0. The van der Waals surface area contributed by atoms with Crippen LogP contribution in [-0.2, 0) is 11.3 Å². The third-order valence-corrected chi connectivity index (χ3v) is 5.84. The van der Waals surface area contributed by atoms with Crippen molar-refractivity contribution in [1.82, 2.24) is 20.1 Å². The largest absolute Gasteiger partial charge is 0.345 e. The van der Waals surface area contributed by atoms with E-state index in [4.69, 9.17) is 0 Å². The number of carbonyl (C=O) groups excluding carboxylic acids is 2. The Hall–Kier alpha value is -4.05. The zero-order chi connectivity index (χ0) is 24.8. The smallest absolute Gasteiger partial charge is 0.251 e. The van der Waals surface area contributed by atoms with Crippen LogP contribution in [0.15, 0.2) is 78.0 Å². The number of aryl methyl sites for hydroxylation is 1. The van der Waals surface area contributed by atoms with Crippen LogP contribution in [-0.4, -0.2) is 32.3 Å². The first-order valence-corrected chi connectivity index (χ1v) is 11.6. The summed E-state index contributed by atoms with van der Waals surface area (Å²) in [6.07, 6.45) is 0. The van der Waals surface area contributed by atoms with Crippen molar-refractivity contribution >= 4 is 29.3 Å². The lowest BCUT2D eigenvalue weighted by molar-refractivity contribution is -0.113. The van der Waals surface area contributed by atoms with E-state index in [1.54, 1.807) is 22.8 Å². The molecule has 0 bridgehead atoms. The number of rotatable bonds is 8. The standard InChI is InChI=1S/C25H21F2N5O2S/c1-16-4-2-7-20(12-16)29-23(33)15-35-25-31-30-22(32(25)21-10-8-18(26)9-11-21)14-28-24(34)17-5-3-6-19(27)13-17/h2-13H,14-15H2,1H3,(H,28,34)(H,29,33). The molecule has 1 aromatic heterocycles.